The molecule has 2 aromatic heterocycles. The van der Waals surface area contributed by atoms with Crippen molar-refractivity contribution in [3.8, 4) is 28.1 Å². The summed E-state index contributed by atoms with van der Waals surface area (Å²) in [7, 11) is 0. The number of fused-ring (bicyclic) bond motifs is 2. The maximum Gasteiger partial charge on any atom is 0.148 e. The second-order valence-corrected chi connectivity index (χ2v) is 9.42. The van der Waals surface area contributed by atoms with Gasteiger partial charge in [-0.25, -0.2) is 0 Å². The van der Waals surface area contributed by atoms with E-state index < -0.39 is 0 Å². The summed E-state index contributed by atoms with van der Waals surface area (Å²) in [6, 6.07) is 9.36. The van der Waals surface area contributed by atoms with Crippen molar-refractivity contribution >= 4 is 5.82 Å². The molecule has 7 heteroatoms. The summed E-state index contributed by atoms with van der Waals surface area (Å²) in [6.07, 6.45) is 8.43. The molecule has 2 fully saturated rings. The molecule has 5 rings (SSSR count). The van der Waals surface area contributed by atoms with Crippen molar-refractivity contribution in [2.24, 2.45) is 5.92 Å². The summed E-state index contributed by atoms with van der Waals surface area (Å²) >= 11 is 0. The zero-order chi connectivity index (χ0) is 20.8. The van der Waals surface area contributed by atoms with E-state index in [0.717, 1.165) is 23.5 Å². The van der Waals surface area contributed by atoms with Gasteiger partial charge in [0.1, 0.15) is 11.6 Å². The second kappa shape index (κ2) is 7.09. The molecule has 4 N–H and O–H groups in total. The van der Waals surface area contributed by atoms with E-state index in [1.807, 2.05) is 24.3 Å². The van der Waals surface area contributed by atoms with Crippen LogP contribution >= 0.6 is 0 Å². The van der Waals surface area contributed by atoms with E-state index in [9.17, 15) is 5.11 Å². The molecule has 0 radical (unpaired) electrons. The van der Waals surface area contributed by atoms with Crippen LogP contribution in [-0.2, 0) is 0 Å². The van der Waals surface area contributed by atoms with Gasteiger partial charge in [-0.2, -0.15) is 5.10 Å². The average molecular weight is 405 g/mol. The highest BCUT2D eigenvalue weighted by molar-refractivity contribution is 5.73. The number of phenols is 1. The van der Waals surface area contributed by atoms with E-state index in [1.165, 1.54) is 25.7 Å². The van der Waals surface area contributed by atoms with Crippen LogP contribution < -0.4 is 10.6 Å². The van der Waals surface area contributed by atoms with E-state index in [4.69, 9.17) is 0 Å². The quantitative estimate of drug-likeness (QED) is 0.514. The predicted octanol–water partition coefficient (Wildman–Crippen LogP) is 3.96. The first-order chi connectivity index (χ1) is 14.4. The molecule has 0 saturated carbocycles. The topological polar surface area (TPSA) is 98.8 Å². The van der Waals surface area contributed by atoms with Gasteiger partial charge in [0.2, 0.25) is 0 Å². The van der Waals surface area contributed by atoms with Gasteiger partial charge in [-0.15, -0.1) is 10.2 Å². The summed E-state index contributed by atoms with van der Waals surface area (Å²) in [5, 5.41) is 33.2. The molecule has 2 saturated heterocycles. The molecule has 0 spiro atoms. The van der Waals surface area contributed by atoms with Crippen molar-refractivity contribution in [3.05, 3.63) is 42.7 Å². The van der Waals surface area contributed by atoms with Gasteiger partial charge in [-0.3, -0.25) is 5.10 Å². The number of nitrogens with zero attached hydrogens (tertiary/aromatic N) is 3. The van der Waals surface area contributed by atoms with Crippen LogP contribution in [0.1, 0.15) is 39.5 Å². The van der Waals surface area contributed by atoms with E-state index in [1.54, 1.807) is 18.5 Å². The van der Waals surface area contributed by atoms with Crippen LogP contribution in [0.2, 0.25) is 0 Å². The minimum atomic E-state index is 0.176. The Balaban J connectivity index is 1.25. The Labute approximate surface area is 176 Å². The van der Waals surface area contributed by atoms with Crippen molar-refractivity contribution in [2.45, 2.75) is 50.6 Å². The van der Waals surface area contributed by atoms with Crippen LogP contribution in [0.3, 0.4) is 0 Å². The molecule has 0 aliphatic carbocycles. The number of anilines is 1. The van der Waals surface area contributed by atoms with Crippen molar-refractivity contribution in [1.29, 1.82) is 0 Å². The van der Waals surface area contributed by atoms with Gasteiger partial charge in [0.05, 0.1) is 11.9 Å². The summed E-state index contributed by atoms with van der Waals surface area (Å²) in [5.74, 6) is 1.58. The van der Waals surface area contributed by atoms with Gasteiger partial charge >= 0.3 is 0 Å². The summed E-state index contributed by atoms with van der Waals surface area (Å²) in [6.45, 7) is 5.61. The van der Waals surface area contributed by atoms with Crippen molar-refractivity contribution in [1.82, 2.24) is 25.7 Å². The Morgan fingerprint density at radius 3 is 2.50 bits per heavy atom. The largest absolute Gasteiger partial charge is 0.507 e. The van der Waals surface area contributed by atoms with Crippen LogP contribution in [0.25, 0.3) is 22.4 Å². The van der Waals surface area contributed by atoms with Crippen molar-refractivity contribution < 1.29 is 5.11 Å². The zero-order valence-electron chi connectivity index (χ0n) is 17.4. The molecule has 0 amide bonds. The Morgan fingerprint density at radius 2 is 1.87 bits per heavy atom. The molecule has 7 nitrogen and oxygen atoms in total. The smallest absolute Gasteiger partial charge is 0.148 e. The highest BCUT2D eigenvalue weighted by Gasteiger charge is 2.48. The first-order valence-corrected chi connectivity index (χ1v) is 10.6. The molecule has 4 heterocycles. The Bertz CT molecular complexity index is 1020. The molecule has 1 aromatic carbocycles. The van der Waals surface area contributed by atoms with Gasteiger partial charge < -0.3 is 15.7 Å². The molecule has 2 unspecified atom stereocenters. The van der Waals surface area contributed by atoms with E-state index in [2.05, 4.69) is 44.9 Å². The molecule has 3 aromatic rings. The molecular formula is C23H28N6O. The first-order valence-electron chi connectivity index (χ1n) is 10.6. The van der Waals surface area contributed by atoms with E-state index >= 15 is 0 Å². The number of benzene rings is 1. The molecule has 2 atom stereocenters. The third-order valence-corrected chi connectivity index (χ3v) is 6.65. The summed E-state index contributed by atoms with van der Waals surface area (Å²) < 4.78 is 0. The van der Waals surface area contributed by atoms with Gasteiger partial charge in [0.25, 0.3) is 0 Å². The fourth-order valence-corrected chi connectivity index (χ4v) is 5.36. The van der Waals surface area contributed by atoms with Gasteiger partial charge in [-0.1, -0.05) is 6.07 Å². The molecule has 30 heavy (non-hydrogen) atoms. The molecular weight excluding hydrogens is 376 g/mol. The molecule has 2 aliphatic rings. The Hall–Kier alpha value is -2.93. The minimum Gasteiger partial charge on any atom is -0.507 e. The zero-order valence-corrected chi connectivity index (χ0v) is 17.4. The number of aromatic amines is 1. The average Bonchev–Trinajstić information content (AvgIpc) is 3.33. The number of hydrogen-bond donors (Lipinski definition) is 4. The normalized spacial score (nSPS) is 27.9. The number of rotatable bonds is 5. The Kier molecular flexibility index (Phi) is 4.50. The number of hydrogen-bond acceptors (Lipinski definition) is 6. The van der Waals surface area contributed by atoms with Crippen LogP contribution in [0.4, 0.5) is 5.82 Å². The SMILES string of the molecule is CC12CCC(C)(CC(CNc3ccc(-c4ccc(-c5cn[nH]c5)cc4O)nn3)C1)N2. The number of phenolic OH excluding ortho intramolecular Hbond substituents is 1. The lowest BCUT2D eigenvalue weighted by Crippen LogP contribution is -2.54. The lowest BCUT2D eigenvalue weighted by Gasteiger charge is -2.42. The van der Waals surface area contributed by atoms with Crippen molar-refractivity contribution in [2.75, 3.05) is 11.9 Å². The van der Waals surface area contributed by atoms with Gasteiger partial charge in [0.15, 0.2) is 0 Å². The maximum atomic E-state index is 10.5. The number of H-pyrrole nitrogens is 1. The lowest BCUT2D eigenvalue weighted by atomic mass is 9.80. The highest BCUT2D eigenvalue weighted by Crippen LogP contribution is 2.44. The highest BCUT2D eigenvalue weighted by atomic mass is 16.3. The number of aromatic hydroxyl groups is 1. The lowest BCUT2D eigenvalue weighted by molar-refractivity contribution is 0.178. The number of piperidine rings is 1. The second-order valence-electron chi connectivity index (χ2n) is 9.42. The number of aromatic nitrogens is 4. The van der Waals surface area contributed by atoms with Gasteiger partial charge in [0, 0.05) is 34.9 Å². The first kappa shape index (κ1) is 19.1. The standard InChI is InChI=1S/C23H28N6O/c1-22-7-8-23(2,29-22)11-15(10-22)12-24-21-6-5-19(27-28-21)18-4-3-16(9-20(18)30)17-13-25-26-14-17/h3-6,9,13-15,29-30H,7-8,10-12H2,1-2H3,(H,24,28)(H,25,26). The van der Waals surface area contributed by atoms with Crippen LogP contribution in [0.5, 0.6) is 5.75 Å². The monoisotopic (exact) mass is 404 g/mol. The van der Waals surface area contributed by atoms with E-state index in [0.29, 0.717) is 17.2 Å². The third-order valence-electron chi connectivity index (χ3n) is 6.65. The van der Waals surface area contributed by atoms with Gasteiger partial charge in [-0.05, 0) is 75.3 Å². The fourth-order valence-electron chi connectivity index (χ4n) is 5.36. The maximum absolute atomic E-state index is 10.5. The van der Waals surface area contributed by atoms with Crippen LogP contribution in [0.15, 0.2) is 42.7 Å². The molecule has 156 valence electrons. The number of nitrogens with one attached hydrogen (secondary N) is 3. The third kappa shape index (κ3) is 3.65. The summed E-state index contributed by atoms with van der Waals surface area (Å²) in [4.78, 5) is 0. The van der Waals surface area contributed by atoms with E-state index in [-0.39, 0.29) is 16.8 Å². The predicted molar refractivity (Wildman–Crippen MR) is 117 cm³/mol. The van der Waals surface area contributed by atoms with Crippen LogP contribution in [0, 0.1) is 5.92 Å². The molecule has 2 bridgehead atoms. The molecule has 2 aliphatic heterocycles. The Morgan fingerprint density at radius 1 is 1.07 bits per heavy atom. The fraction of sp³-hybridized carbons (Fsp3) is 0.435. The van der Waals surface area contributed by atoms with Crippen LogP contribution in [-0.4, -0.2) is 43.1 Å². The van der Waals surface area contributed by atoms with Crippen molar-refractivity contribution in [3.63, 3.8) is 0 Å². The summed E-state index contributed by atoms with van der Waals surface area (Å²) in [5.41, 5.74) is 3.68. The minimum absolute atomic E-state index is 0.176.